The van der Waals surface area contributed by atoms with Crippen molar-refractivity contribution in [3.05, 3.63) is 65.5 Å². The van der Waals surface area contributed by atoms with Gasteiger partial charge in [0.25, 0.3) is 5.91 Å². The SMILES string of the molecule is CC1CN(S(=O)(=O)c2ccc(C(=O)Nc3nnc(Cc4ccc(S(C)(=O)=O)cc4)o3)cc2)CC(C)O1. The molecular formula is C23H26N4O7S2. The topological polar surface area (TPSA) is 149 Å². The highest BCUT2D eigenvalue weighted by molar-refractivity contribution is 7.90. The first kappa shape index (κ1) is 25.9. The van der Waals surface area contributed by atoms with Crippen LogP contribution in [0.4, 0.5) is 6.01 Å². The summed E-state index contributed by atoms with van der Waals surface area (Å²) >= 11 is 0. The third-order valence-electron chi connectivity index (χ3n) is 5.53. The van der Waals surface area contributed by atoms with Gasteiger partial charge in [0.2, 0.25) is 15.9 Å². The average molecular weight is 535 g/mol. The average Bonchev–Trinajstić information content (AvgIpc) is 3.24. The lowest BCUT2D eigenvalue weighted by atomic mass is 10.1. The molecule has 192 valence electrons. The van der Waals surface area contributed by atoms with Crippen LogP contribution < -0.4 is 5.32 Å². The van der Waals surface area contributed by atoms with Crippen LogP contribution in [0.2, 0.25) is 0 Å². The van der Waals surface area contributed by atoms with E-state index in [1.165, 1.54) is 40.7 Å². The molecule has 1 saturated heterocycles. The molecule has 2 unspecified atom stereocenters. The zero-order valence-corrected chi connectivity index (χ0v) is 21.5. The van der Waals surface area contributed by atoms with Crippen LogP contribution in [-0.2, 0) is 31.0 Å². The molecule has 1 aliphatic rings. The maximum atomic E-state index is 13.0. The second-order valence-corrected chi connectivity index (χ2v) is 12.6. The van der Waals surface area contributed by atoms with E-state index in [2.05, 4.69) is 15.5 Å². The number of amides is 1. The van der Waals surface area contributed by atoms with Crippen LogP contribution in [0.25, 0.3) is 0 Å². The molecule has 2 aromatic carbocycles. The molecule has 36 heavy (non-hydrogen) atoms. The summed E-state index contributed by atoms with van der Waals surface area (Å²) in [6.07, 6.45) is 0.962. The minimum absolute atomic E-state index is 0.0855. The first-order valence-corrected chi connectivity index (χ1v) is 14.4. The summed E-state index contributed by atoms with van der Waals surface area (Å²) in [6.45, 7) is 4.17. The van der Waals surface area contributed by atoms with E-state index in [0.29, 0.717) is 0 Å². The maximum Gasteiger partial charge on any atom is 0.322 e. The van der Waals surface area contributed by atoms with E-state index < -0.39 is 25.8 Å². The Kier molecular flexibility index (Phi) is 7.27. The third kappa shape index (κ3) is 5.98. The van der Waals surface area contributed by atoms with Gasteiger partial charge in [-0.15, -0.1) is 5.10 Å². The van der Waals surface area contributed by atoms with Crippen LogP contribution in [0.1, 0.15) is 35.7 Å². The van der Waals surface area contributed by atoms with E-state index in [1.54, 1.807) is 12.1 Å². The summed E-state index contributed by atoms with van der Waals surface area (Å²) in [5, 5.41) is 10.2. The number of sulfone groups is 1. The Morgan fingerprint density at radius 2 is 1.53 bits per heavy atom. The summed E-state index contributed by atoms with van der Waals surface area (Å²) in [5.41, 5.74) is 0.971. The van der Waals surface area contributed by atoms with Gasteiger partial charge in [0.15, 0.2) is 9.84 Å². The fourth-order valence-electron chi connectivity index (χ4n) is 3.83. The number of sulfonamides is 1. The number of rotatable bonds is 7. The van der Waals surface area contributed by atoms with Gasteiger partial charge in [0.1, 0.15) is 0 Å². The Bertz CT molecular complexity index is 1440. The summed E-state index contributed by atoms with van der Waals surface area (Å²) < 4.78 is 61.6. The fraction of sp³-hybridized carbons (Fsp3) is 0.348. The van der Waals surface area contributed by atoms with Crippen molar-refractivity contribution in [2.75, 3.05) is 24.7 Å². The van der Waals surface area contributed by atoms with Crippen LogP contribution in [0.5, 0.6) is 0 Å². The summed E-state index contributed by atoms with van der Waals surface area (Å²) in [4.78, 5) is 12.9. The summed E-state index contributed by atoms with van der Waals surface area (Å²) in [5.74, 6) is -0.312. The summed E-state index contributed by atoms with van der Waals surface area (Å²) in [7, 11) is -7.01. The predicted octanol–water partition coefficient (Wildman–Crippen LogP) is 2.11. The molecule has 1 N–H and O–H groups in total. The molecule has 2 heterocycles. The molecule has 0 radical (unpaired) electrons. The molecule has 0 saturated carbocycles. The minimum Gasteiger partial charge on any atom is -0.407 e. The first-order valence-electron chi connectivity index (χ1n) is 11.1. The van der Waals surface area contributed by atoms with Gasteiger partial charge in [0, 0.05) is 24.9 Å². The number of benzene rings is 2. The van der Waals surface area contributed by atoms with Crippen molar-refractivity contribution < 1.29 is 30.8 Å². The smallest absolute Gasteiger partial charge is 0.322 e. The molecule has 2 atom stereocenters. The van der Waals surface area contributed by atoms with Gasteiger partial charge in [-0.2, -0.15) is 4.31 Å². The van der Waals surface area contributed by atoms with Crippen LogP contribution in [0, 0.1) is 0 Å². The van der Waals surface area contributed by atoms with Gasteiger partial charge in [-0.1, -0.05) is 17.2 Å². The standard InChI is InChI=1S/C23H26N4O7S2/c1-15-13-27(14-16(2)33-15)36(31,32)20-10-6-18(7-11-20)22(28)24-23-26-25-21(34-23)12-17-4-8-19(9-5-17)35(3,29)30/h4-11,15-16H,12-14H2,1-3H3,(H,24,26,28). The van der Waals surface area contributed by atoms with Crippen molar-refractivity contribution in [1.29, 1.82) is 0 Å². The highest BCUT2D eigenvalue weighted by Gasteiger charge is 2.32. The summed E-state index contributed by atoms with van der Waals surface area (Å²) in [6, 6.07) is 11.8. The van der Waals surface area contributed by atoms with Crippen LogP contribution in [0.3, 0.4) is 0 Å². The number of hydrogen-bond acceptors (Lipinski definition) is 9. The monoisotopic (exact) mass is 534 g/mol. The molecule has 1 amide bonds. The van der Waals surface area contributed by atoms with E-state index in [1.807, 2.05) is 13.8 Å². The molecule has 1 aliphatic heterocycles. The second kappa shape index (κ2) is 10.1. The second-order valence-electron chi connectivity index (χ2n) is 8.65. The van der Waals surface area contributed by atoms with E-state index in [4.69, 9.17) is 9.15 Å². The number of anilines is 1. The number of aromatic nitrogens is 2. The lowest BCUT2D eigenvalue weighted by molar-refractivity contribution is -0.0440. The van der Waals surface area contributed by atoms with Gasteiger partial charge >= 0.3 is 6.01 Å². The zero-order valence-electron chi connectivity index (χ0n) is 19.9. The Hall–Kier alpha value is -3.13. The van der Waals surface area contributed by atoms with E-state index >= 15 is 0 Å². The number of nitrogens with zero attached hydrogens (tertiary/aromatic N) is 3. The third-order valence-corrected chi connectivity index (χ3v) is 8.51. The zero-order chi connectivity index (χ0) is 26.1. The van der Waals surface area contributed by atoms with Crippen molar-refractivity contribution in [2.45, 2.75) is 42.3 Å². The van der Waals surface area contributed by atoms with Crippen LogP contribution >= 0.6 is 0 Å². The Morgan fingerprint density at radius 1 is 0.944 bits per heavy atom. The number of carbonyl (C=O) groups excluding carboxylic acids is 1. The number of ether oxygens (including phenoxy) is 1. The number of morpholine rings is 1. The molecule has 0 spiro atoms. The highest BCUT2D eigenvalue weighted by atomic mass is 32.2. The molecule has 1 fully saturated rings. The number of nitrogens with one attached hydrogen (secondary N) is 1. The lowest BCUT2D eigenvalue weighted by Crippen LogP contribution is -2.48. The molecule has 1 aromatic heterocycles. The van der Waals surface area contributed by atoms with Crippen LogP contribution in [-0.4, -0.2) is 68.8 Å². The Morgan fingerprint density at radius 3 is 2.11 bits per heavy atom. The van der Waals surface area contributed by atoms with E-state index in [0.717, 1.165) is 11.8 Å². The van der Waals surface area contributed by atoms with Gasteiger partial charge in [-0.25, -0.2) is 16.8 Å². The molecule has 11 nitrogen and oxygen atoms in total. The van der Waals surface area contributed by atoms with Crippen molar-refractivity contribution in [3.8, 4) is 0 Å². The fourth-order valence-corrected chi connectivity index (χ4v) is 6.05. The molecular weight excluding hydrogens is 508 g/mol. The maximum absolute atomic E-state index is 13.0. The molecule has 3 aromatic rings. The van der Waals surface area contributed by atoms with Gasteiger partial charge in [-0.05, 0) is 55.8 Å². The van der Waals surface area contributed by atoms with Crippen molar-refractivity contribution >= 4 is 31.8 Å². The van der Waals surface area contributed by atoms with Gasteiger partial charge in [-0.3, -0.25) is 10.1 Å². The van der Waals surface area contributed by atoms with Crippen LogP contribution in [0.15, 0.2) is 62.7 Å². The Balaban J connectivity index is 1.39. The highest BCUT2D eigenvalue weighted by Crippen LogP contribution is 2.22. The quantitative estimate of drug-likeness (QED) is 0.481. The van der Waals surface area contributed by atoms with Gasteiger partial charge < -0.3 is 9.15 Å². The van der Waals surface area contributed by atoms with E-state index in [-0.39, 0.29) is 59.0 Å². The Labute approximate surface area is 209 Å². The number of hydrogen-bond donors (Lipinski definition) is 1. The molecule has 0 bridgehead atoms. The molecule has 13 heteroatoms. The van der Waals surface area contributed by atoms with Crippen molar-refractivity contribution in [2.24, 2.45) is 0 Å². The van der Waals surface area contributed by atoms with Crippen molar-refractivity contribution in [3.63, 3.8) is 0 Å². The lowest BCUT2D eigenvalue weighted by Gasteiger charge is -2.34. The molecule has 0 aliphatic carbocycles. The normalized spacial score (nSPS) is 19.2. The van der Waals surface area contributed by atoms with Gasteiger partial charge in [0.05, 0.1) is 28.4 Å². The largest absolute Gasteiger partial charge is 0.407 e. The van der Waals surface area contributed by atoms with E-state index in [9.17, 15) is 21.6 Å². The molecule has 4 rings (SSSR count). The first-order chi connectivity index (χ1) is 16.9. The minimum atomic E-state index is -3.72. The predicted molar refractivity (Wildman–Crippen MR) is 130 cm³/mol. The number of carbonyl (C=O) groups is 1. The van der Waals surface area contributed by atoms with Crippen molar-refractivity contribution in [1.82, 2.24) is 14.5 Å².